The Morgan fingerprint density at radius 3 is 2.26 bits per heavy atom. The molecular formula is C27H30N2O5. The minimum absolute atomic E-state index is 0.0104. The van der Waals surface area contributed by atoms with Crippen LogP contribution in [0.2, 0.25) is 0 Å². The van der Waals surface area contributed by atoms with Crippen molar-refractivity contribution in [2.45, 2.75) is 44.1 Å². The van der Waals surface area contributed by atoms with Gasteiger partial charge < -0.3 is 20.1 Å². The van der Waals surface area contributed by atoms with Gasteiger partial charge in [-0.2, -0.15) is 0 Å². The molecule has 1 saturated heterocycles. The molecule has 1 aliphatic heterocycles. The highest BCUT2D eigenvalue weighted by atomic mass is 16.5. The number of alkyl carbamates (subject to hydrolysis) is 1. The summed E-state index contributed by atoms with van der Waals surface area (Å²) in [5.74, 6) is -1.46. The quantitative estimate of drug-likeness (QED) is 0.700. The van der Waals surface area contributed by atoms with Crippen molar-refractivity contribution in [1.82, 2.24) is 10.2 Å². The fourth-order valence-corrected chi connectivity index (χ4v) is 5.77. The summed E-state index contributed by atoms with van der Waals surface area (Å²) in [4.78, 5) is 38.5. The molecule has 2 fully saturated rings. The number of aliphatic carboxylic acids is 1. The van der Waals surface area contributed by atoms with E-state index in [-0.39, 0.29) is 36.9 Å². The molecule has 1 unspecified atom stereocenters. The van der Waals surface area contributed by atoms with Crippen molar-refractivity contribution in [3.8, 4) is 11.1 Å². The average Bonchev–Trinajstić information content (AvgIpc) is 3.46. The number of ether oxygens (including phenoxy) is 1. The number of carbonyl (C=O) groups excluding carboxylic acids is 2. The third-order valence-electron chi connectivity index (χ3n) is 7.54. The normalized spacial score (nSPS) is 23.8. The van der Waals surface area contributed by atoms with Crippen molar-refractivity contribution < 1.29 is 24.2 Å². The van der Waals surface area contributed by atoms with Crippen LogP contribution in [0.15, 0.2) is 48.5 Å². The molecule has 1 saturated carbocycles. The molecule has 3 atom stereocenters. The number of hydrogen-bond donors (Lipinski definition) is 2. The maximum Gasteiger partial charge on any atom is 0.407 e. The summed E-state index contributed by atoms with van der Waals surface area (Å²) in [6, 6.07) is 16.3. The molecule has 7 heteroatoms. The second kappa shape index (κ2) is 9.49. The summed E-state index contributed by atoms with van der Waals surface area (Å²) in [5.41, 5.74) is 4.72. The summed E-state index contributed by atoms with van der Waals surface area (Å²) in [7, 11) is 0. The highest BCUT2D eigenvalue weighted by Gasteiger charge is 2.36. The smallest absolute Gasteiger partial charge is 0.407 e. The van der Waals surface area contributed by atoms with Gasteiger partial charge in [-0.3, -0.25) is 9.59 Å². The summed E-state index contributed by atoms with van der Waals surface area (Å²) < 4.78 is 5.67. The highest BCUT2D eigenvalue weighted by Crippen LogP contribution is 2.44. The molecule has 178 valence electrons. The number of fused-ring (bicyclic) bond motifs is 3. The molecule has 34 heavy (non-hydrogen) atoms. The van der Waals surface area contributed by atoms with Gasteiger partial charge in [-0.15, -0.1) is 0 Å². The van der Waals surface area contributed by atoms with E-state index in [1.807, 2.05) is 24.3 Å². The van der Waals surface area contributed by atoms with Gasteiger partial charge in [0.2, 0.25) is 5.91 Å². The molecule has 0 radical (unpaired) electrons. The Morgan fingerprint density at radius 2 is 1.62 bits per heavy atom. The van der Waals surface area contributed by atoms with Gasteiger partial charge >= 0.3 is 12.1 Å². The zero-order chi connectivity index (χ0) is 23.7. The number of nitrogens with zero attached hydrogens (tertiary/aromatic N) is 1. The number of hydrogen-bond acceptors (Lipinski definition) is 4. The third kappa shape index (κ3) is 4.39. The Hall–Kier alpha value is -3.35. The van der Waals surface area contributed by atoms with Gasteiger partial charge in [0.15, 0.2) is 0 Å². The highest BCUT2D eigenvalue weighted by molar-refractivity contribution is 5.81. The molecule has 1 heterocycles. The van der Waals surface area contributed by atoms with Gasteiger partial charge in [0, 0.05) is 31.0 Å². The molecule has 2 aromatic rings. The van der Waals surface area contributed by atoms with Gasteiger partial charge in [-0.05, 0) is 47.9 Å². The van der Waals surface area contributed by atoms with Crippen molar-refractivity contribution in [3.63, 3.8) is 0 Å². The van der Waals surface area contributed by atoms with E-state index in [4.69, 9.17) is 4.74 Å². The van der Waals surface area contributed by atoms with Crippen LogP contribution in [-0.4, -0.2) is 53.7 Å². The first kappa shape index (κ1) is 22.4. The lowest BCUT2D eigenvalue weighted by Gasteiger charge is -2.31. The van der Waals surface area contributed by atoms with Gasteiger partial charge in [0.25, 0.3) is 0 Å². The van der Waals surface area contributed by atoms with Crippen molar-refractivity contribution in [3.05, 3.63) is 59.7 Å². The van der Waals surface area contributed by atoms with E-state index in [1.54, 1.807) is 4.90 Å². The van der Waals surface area contributed by atoms with Crippen LogP contribution in [0.5, 0.6) is 0 Å². The first-order chi connectivity index (χ1) is 16.5. The topological polar surface area (TPSA) is 95.9 Å². The van der Waals surface area contributed by atoms with Crippen LogP contribution in [0, 0.1) is 11.8 Å². The van der Waals surface area contributed by atoms with Gasteiger partial charge in [-0.1, -0.05) is 55.0 Å². The minimum Gasteiger partial charge on any atom is -0.481 e. The molecule has 0 bridgehead atoms. The van der Waals surface area contributed by atoms with Crippen LogP contribution in [0.3, 0.4) is 0 Å². The monoisotopic (exact) mass is 462 g/mol. The lowest BCUT2D eigenvalue weighted by Crippen LogP contribution is -2.43. The first-order valence-corrected chi connectivity index (χ1v) is 12.1. The second-order valence-electron chi connectivity index (χ2n) is 9.64. The van der Waals surface area contributed by atoms with E-state index < -0.39 is 18.0 Å². The Balaban J connectivity index is 1.16. The number of carboxylic acid groups (broad SMARTS) is 1. The number of benzene rings is 2. The van der Waals surface area contributed by atoms with Crippen LogP contribution in [0.1, 0.15) is 49.1 Å². The predicted molar refractivity (Wildman–Crippen MR) is 126 cm³/mol. The molecule has 2 amide bonds. The maximum absolute atomic E-state index is 12.9. The fourth-order valence-electron chi connectivity index (χ4n) is 5.77. The number of likely N-dealkylation sites (tertiary alicyclic amines) is 1. The zero-order valence-corrected chi connectivity index (χ0v) is 19.1. The average molecular weight is 463 g/mol. The Labute approximate surface area is 199 Å². The van der Waals surface area contributed by atoms with Crippen LogP contribution in [0.4, 0.5) is 4.79 Å². The summed E-state index contributed by atoms with van der Waals surface area (Å²) >= 11 is 0. The molecule has 0 spiro atoms. The maximum atomic E-state index is 12.9. The van der Waals surface area contributed by atoms with E-state index >= 15 is 0 Å². The Kier molecular flexibility index (Phi) is 6.26. The SMILES string of the molecule is O=C(N[C@H]1CCC[C@@H](C(=O)N2CCC(C(=O)O)C2)C1)OCC1c2ccccc2-c2ccccc21. The van der Waals surface area contributed by atoms with E-state index in [9.17, 15) is 19.5 Å². The van der Waals surface area contributed by atoms with Crippen LogP contribution >= 0.6 is 0 Å². The first-order valence-electron chi connectivity index (χ1n) is 12.1. The van der Waals surface area contributed by atoms with Crippen molar-refractivity contribution >= 4 is 18.0 Å². The fraction of sp³-hybridized carbons (Fsp3) is 0.444. The third-order valence-corrected chi connectivity index (χ3v) is 7.54. The number of carboxylic acids is 1. The lowest BCUT2D eigenvalue weighted by molar-refractivity contribution is -0.141. The van der Waals surface area contributed by atoms with Gasteiger partial charge in [0.1, 0.15) is 6.61 Å². The molecule has 2 aliphatic carbocycles. The minimum atomic E-state index is -0.839. The predicted octanol–water partition coefficient (Wildman–Crippen LogP) is 4.02. The Morgan fingerprint density at radius 1 is 0.941 bits per heavy atom. The number of nitrogens with one attached hydrogen (secondary N) is 1. The summed E-state index contributed by atoms with van der Waals surface area (Å²) in [6.07, 6.45) is 3.06. The number of rotatable bonds is 5. The van der Waals surface area contributed by atoms with Crippen molar-refractivity contribution in [2.24, 2.45) is 11.8 Å². The summed E-state index contributed by atoms with van der Waals surface area (Å²) in [6.45, 7) is 1.05. The summed E-state index contributed by atoms with van der Waals surface area (Å²) in [5, 5.41) is 12.2. The largest absolute Gasteiger partial charge is 0.481 e. The van der Waals surface area contributed by atoms with Gasteiger partial charge in [-0.25, -0.2) is 4.79 Å². The molecule has 0 aromatic heterocycles. The molecule has 7 nitrogen and oxygen atoms in total. The standard InChI is InChI=1S/C27H30N2O5/c30-25(29-13-12-18(15-29)26(31)32)17-6-5-7-19(14-17)28-27(33)34-16-24-22-10-3-1-8-20(22)21-9-2-4-11-23(21)24/h1-4,8-11,17-19,24H,5-7,12-16H2,(H,28,33)(H,31,32)/t17-,18?,19+/m1/s1. The van der Waals surface area contributed by atoms with E-state index in [1.165, 1.54) is 22.3 Å². The zero-order valence-electron chi connectivity index (χ0n) is 19.1. The van der Waals surface area contributed by atoms with Crippen molar-refractivity contribution in [1.29, 1.82) is 0 Å². The van der Waals surface area contributed by atoms with E-state index in [0.717, 1.165) is 19.3 Å². The van der Waals surface area contributed by atoms with E-state index in [0.29, 0.717) is 19.4 Å². The molecule has 3 aliphatic rings. The molecular weight excluding hydrogens is 432 g/mol. The number of amides is 2. The van der Waals surface area contributed by atoms with Crippen LogP contribution in [0.25, 0.3) is 11.1 Å². The van der Waals surface area contributed by atoms with Crippen LogP contribution in [-0.2, 0) is 14.3 Å². The van der Waals surface area contributed by atoms with Crippen LogP contribution < -0.4 is 5.32 Å². The van der Waals surface area contributed by atoms with Crippen molar-refractivity contribution in [2.75, 3.05) is 19.7 Å². The Bertz CT molecular complexity index is 1050. The molecule has 2 aromatic carbocycles. The van der Waals surface area contributed by atoms with Gasteiger partial charge in [0.05, 0.1) is 5.92 Å². The lowest BCUT2D eigenvalue weighted by atomic mass is 9.85. The second-order valence-corrected chi connectivity index (χ2v) is 9.64. The molecule has 2 N–H and O–H groups in total. The molecule has 5 rings (SSSR count). The number of carbonyl (C=O) groups is 3. The van der Waals surface area contributed by atoms with E-state index in [2.05, 4.69) is 29.6 Å².